The first kappa shape index (κ1) is 35.4. The van der Waals surface area contributed by atoms with Crippen molar-refractivity contribution in [1.82, 2.24) is 10.6 Å². The van der Waals surface area contributed by atoms with Gasteiger partial charge in [0.2, 0.25) is 0 Å². The van der Waals surface area contributed by atoms with Crippen LogP contribution in [0.3, 0.4) is 0 Å². The minimum absolute atomic E-state index is 0. The number of nitrogens with one attached hydrogen (secondary N) is 2. The van der Waals surface area contributed by atoms with Crippen molar-refractivity contribution in [2.24, 2.45) is 0 Å². The van der Waals surface area contributed by atoms with E-state index in [1.807, 2.05) is 38.1 Å². The summed E-state index contributed by atoms with van der Waals surface area (Å²) in [6.45, 7) is 5.34. The van der Waals surface area contributed by atoms with E-state index in [-0.39, 0.29) is 36.7 Å². The Hall–Kier alpha value is -2.60. The number of aliphatic hydroxyl groups is 1. The van der Waals surface area contributed by atoms with Crippen LogP contribution in [0.1, 0.15) is 50.3 Å². The summed E-state index contributed by atoms with van der Waals surface area (Å²) in [7, 11) is -3.72. The van der Waals surface area contributed by atoms with Crippen molar-refractivity contribution < 1.29 is 36.6 Å². The van der Waals surface area contributed by atoms with Crippen LogP contribution in [0.25, 0.3) is 0 Å². The molecule has 3 N–H and O–H groups in total. The van der Waals surface area contributed by atoms with Crippen LogP contribution in [0, 0.1) is 11.6 Å². The smallest absolute Gasteiger partial charge is 0.303 e. The second-order valence-electron chi connectivity index (χ2n) is 9.53. The van der Waals surface area contributed by atoms with E-state index < -0.39 is 57.4 Å². The molecular formula is C28H39ClF2N2O6S. The molecule has 1 unspecified atom stereocenters. The van der Waals surface area contributed by atoms with Crippen LogP contribution < -0.4 is 10.6 Å². The maximum Gasteiger partial charge on any atom is 0.303 e. The Morgan fingerprint density at radius 1 is 1.02 bits per heavy atom. The van der Waals surface area contributed by atoms with E-state index in [2.05, 4.69) is 10.6 Å². The highest BCUT2D eigenvalue weighted by Crippen LogP contribution is 2.13. The zero-order valence-electron chi connectivity index (χ0n) is 23.0. The molecule has 0 radical (unpaired) electrons. The molecule has 1 amide bonds. The molecule has 2 rings (SSSR count). The molecule has 40 heavy (non-hydrogen) atoms. The summed E-state index contributed by atoms with van der Waals surface area (Å²) in [4.78, 5) is 24.7. The largest absolute Gasteiger partial charge is 0.451 e. The average molecular weight is 605 g/mol. The van der Waals surface area contributed by atoms with Crippen molar-refractivity contribution in [2.45, 2.75) is 71.2 Å². The number of carbonyl (C=O) groups excluding carboxylic acids is 2. The van der Waals surface area contributed by atoms with Crippen molar-refractivity contribution in [3.8, 4) is 0 Å². The maximum absolute atomic E-state index is 13.8. The van der Waals surface area contributed by atoms with Crippen LogP contribution in [0.2, 0.25) is 0 Å². The number of amides is 1. The number of hydrogen-bond acceptors (Lipinski definition) is 7. The lowest BCUT2D eigenvalue weighted by Gasteiger charge is -2.27. The highest BCUT2D eigenvalue weighted by Gasteiger charge is 2.31. The Balaban J connectivity index is 0.00000800. The Morgan fingerprint density at radius 2 is 1.68 bits per heavy atom. The normalized spacial score (nSPS) is 13.6. The first-order valence-corrected chi connectivity index (χ1v) is 14.8. The molecule has 8 nitrogen and oxygen atoms in total. The van der Waals surface area contributed by atoms with Gasteiger partial charge in [-0.2, -0.15) is 0 Å². The second-order valence-corrected chi connectivity index (χ2v) is 11.8. The van der Waals surface area contributed by atoms with Crippen molar-refractivity contribution in [3.05, 3.63) is 70.8 Å². The van der Waals surface area contributed by atoms with Crippen molar-refractivity contribution >= 4 is 34.1 Å². The molecule has 0 aliphatic rings. The summed E-state index contributed by atoms with van der Waals surface area (Å²) >= 11 is 0. The van der Waals surface area contributed by atoms with Gasteiger partial charge in [-0.1, -0.05) is 44.5 Å². The average Bonchev–Trinajstić information content (AvgIpc) is 2.85. The zero-order valence-corrected chi connectivity index (χ0v) is 24.6. The number of sulfone groups is 1. The monoisotopic (exact) mass is 604 g/mol. The number of rotatable bonds is 16. The standard InChI is InChI=1S/C28H38F2N2O6S.ClH/c1-4-6-10-39(36,37)18-27(38-19(3)33)28(35)32-25(14-22-12-23(29)15-24(30)13-22)26(34)17-31-16-21-9-7-8-20(5-2)11-21;/h7-9,11-13,15,25-27,31,34H,4-6,10,14,16-18H2,1-3H3,(H,32,35);1H/t25-,26+,27?;/m0./s1. The van der Waals surface area contributed by atoms with Gasteiger partial charge >= 0.3 is 5.97 Å². The zero-order chi connectivity index (χ0) is 29.0. The highest BCUT2D eigenvalue weighted by molar-refractivity contribution is 7.91. The first-order valence-electron chi connectivity index (χ1n) is 13.0. The second kappa shape index (κ2) is 17.3. The number of unbranched alkanes of at least 4 members (excludes halogenated alkanes) is 1. The molecule has 0 spiro atoms. The molecule has 3 atom stereocenters. The summed E-state index contributed by atoms with van der Waals surface area (Å²) in [5.74, 6) is -4.31. The van der Waals surface area contributed by atoms with Crippen LogP contribution in [-0.4, -0.2) is 61.7 Å². The minimum Gasteiger partial charge on any atom is -0.451 e. The molecule has 0 fully saturated rings. The molecule has 0 saturated carbocycles. The highest BCUT2D eigenvalue weighted by atomic mass is 35.5. The number of hydrogen-bond donors (Lipinski definition) is 3. The molecule has 0 bridgehead atoms. The Labute approximate surface area is 241 Å². The van der Waals surface area contributed by atoms with Gasteiger partial charge in [0, 0.05) is 26.1 Å². The van der Waals surface area contributed by atoms with Crippen molar-refractivity contribution in [1.29, 1.82) is 0 Å². The number of esters is 1. The predicted octanol–water partition coefficient (Wildman–Crippen LogP) is 3.27. The van der Waals surface area contributed by atoms with Gasteiger partial charge in [-0.25, -0.2) is 17.2 Å². The molecule has 0 heterocycles. The predicted molar refractivity (Wildman–Crippen MR) is 152 cm³/mol. The molecule has 0 aliphatic heterocycles. The van der Waals surface area contributed by atoms with E-state index in [0.29, 0.717) is 25.5 Å². The van der Waals surface area contributed by atoms with E-state index in [4.69, 9.17) is 4.74 Å². The number of aliphatic hydroxyl groups excluding tert-OH is 1. The van der Waals surface area contributed by atoms with Crippen LogP contribution >= 0.6 is 12.4 Å². The molecule has 224 valence electrons. The van der Waals surface area contributed by atoms with Crippen LogP contribution in [0.5, 0.6) is 0 Å². The van der Waals surface area contributed by atoms with Gasteiger partial charge in [0.25, 0.3) is 5.91 Å². The fraction of sp³-hybridized carbons (Fsp3) is 0.500. The van der Waals surface area contributed by atoms with E-state index in [9.17, 15) is 31.9 Å². The van der Waals surface area contributed by atoms with E-state index in [1.54, 1.807) is 0 Å². The van der Waals surface area contributed by atoms with Crippen molar-refractivity contribution in [3.63, 3.8) is 0 Å². The van der Waals surface area contributed by atoms with Gasteiger partial charge in [-0.15, -0.1) is 12.4 Å². The van der Waals surface area contributed by atoms with Gasteiger partial charge in [0.1, 0.15) is 11.6 Å². The van der Waals surface area contributed by atoms with Gasteiger partial charge in [0.15, 0.2) is 15.9 Å². The third kappa shape index (κ3) is 12.7. The van der Waals surface area contributed by atoms with E-state index >= 15 is 0 Å². The van der Waals surface area contributed by atoms with Gasteiger partial charge in [0.05, 0.1) is 23.7 Å². The fourth-order valence-corrected chi connectivity index (χ4v) is 5.63. The minimum atomic E-state index is -3.72. The van der Waals surface area contributed by atoms with Crippen LogP contribution in [0.15, 0.2) is 42.5 Å². The molecule has 2 aromatic rings. The molecule has 0 saturated heterocycles. The number of halogens is 3. The Bertz CT molecular complexity index is 1190. The fourth-order valence-electron chi connectivity index (χ4n) is 4.05. The third-order valence-electron chi connectivity index (χ3n) is 6.07. The Morgan fingerprint density at radius 3 is 2.27 bits per heavy atom. The van der Waals surface area contributed by atoms with Gasteiger partial charge < -0.3 is 20.5 Å². The number of benzene rings is 2. The molecule has 2 aromatic carbocycles. The summed E-state index contributed by atoms with van der Waals surface area (Å²) in [5, 5.41) is 16.6. The van der Waals surface area contributed by atoms with E-state index in [0.717, 1.165) is 36.6 Å². The van der Waals surface area contributed by atoms with Crippen LogP contribution in [-0.2, 0) is 43.5 Å². The number of aryl methyl sites for hydroxylation is 1. The lowest BCUT2D eigenvalue weighted by Crippen LogP contribution is -2.53. The van der Waals surface area contributed by atoms with E-state index in [1.165, 1.54) is 0 Å². The summed E-state index contributed by atoms with van der Waals surface area (Å²) < 4.78 is 57.6. The molecule has 12 heteroatoms. The lowest BCUT2D eigenvalue weighted by molar-refractivity contribution is -0.153. The van der Waals surface area contributed by atoms with Gasteiger partial charge in [-0.05, 0) is 48.1 Å². The van der Waals surface area contributed by atoms with Gasteiger partial charge in [-0.3, -0.25) is 9.59 Å². The number of ether oxygens (including phenoxy) is 1. The Kier molecular flexibility index (Phi) is 15.3. The van der Waals surface area contributed by atoms with Crippen LogP contribution in [0.4, 0.5) is 8.78 Å². The summed E-state index contributed by atoms with van der Waals surface area (Å²) in [6, 6.07) is 9.67. The summed E-state index contributed by atoms with van der Waals surface area (Å²) in [5.41, 5.74) is 2.31. The number of carbonyl (C=O) groups is 2. The first-order chi connectivity index (χ1) is 18.4. The molecular weight excluding hydrogens is 566 g/mol. The SMILES string of the molecule is CCCCS(=O)(=O)CC(OC(C)=O)C(=O)N[C@@H](Cc1cc(F)cc(F)c1)[C@H](O)CNCc1cccc(CC)c1.Cl. The summed E-state index contributed by atoms with van der Waals surface area (Å²) in [6.07, 6.45) is -1.16. The lowest BCUT2D eigenvalue weighted by atomic mass is 10.00. The maximum atomic E-state index is 13.8. The molecule has 0 aromatic heterocycles. The third-order valence-corrected chi connectivity index (χ3v) is 7.79. The van der Waals surface area contributed by atoms with Crippen molar-refractivity contribution in [2.75, 3.05) is 18.1 Å². The topological polar surface area (TPSA) is 122 Å². The quantitative estimate of drug-likeness (QED) is 0.251. The molecule has 0 aliphatic carbocycles.